The number of rotatable bonds is 0. The quantitative estimate of drug-likeness (QED) is 0.546. The van der Waals surface area contributed by atoms with Crippen molar-refractivity contribution in [2.75, 3.05) is 0 Å². The molecule has 0 aromatic carbocycles. The molecule has 2 fully saturated rings. The van der Waals surface area contributed by atoms with Crippen LogP contribution in [-0.4, -0.2) is 11.2 Å². The summed E-state index contributed by atoms with van der Waals surface area (Å²) in [6.45, 7) is 0. The fourth-order valence-electron chi connectivity index (χ4n) is 2.46. The Balaban J connectivity index is 2.05. The molecule has 0 aromatic heterocycles. The molecule has 0 saturated heterocycles. The second-order valence-corrected chi connectivity index (χ2v) is 3.70. The van der Waals surface area contributed by atoms with E-state index >= 15 is 0 Å². The largest absolute Gasteiger partial charge is 0.393 e. The van der Waals surface area contributed by atoms with Crippen LogP contribution in [0.5, 0.6) is 0 Å². The molecule has 2 aliphatic rings. The van der Waals surface area contributed by atoms with Crippen LogP contribution in [0.15, 0.2) is 0 Å². The van der Waals surface area contributed by atoms with E-state index in [0.717, 1.165) is 6.42 Å². The molecule has 4 unspecified atom stereocenters. The van der Waals surface area contributed by atoms with E-state index in [-0.39, 0.29) is 12.5 Å². The normalized spacial score (nSPS) is 55.9. The summed E-state index contributed by atoms with van der Waals surface area (Å²) in [5.74, 6) is 1.21. The Bertz CT molecular complexity index is 148. The highest BCUT2D eigenvalue weighted by molar-refractivity contribution is 4.85. The molecule has 1 N–H and O–H groups in total. The highest BCUT2D eigenvalue weighted by atomic mass is 16.3. The smallest absolute Gasteiger partial charge is 0.0545 e. The molecule has 0 heterocycles. The van der Waals surface area contributed by atoms with Gasteiger partial charge in [0.15, 0.2) is 0 Å². The van der Waals surface area contributed by atoms with Crippen molar-refractivity contribution in [1.29, 1.82) is 0 Å². The fourth-order valence-corrected chi connectivity index (χ4v) is 2.46. The van der Waals surface area contributed by atoms with Crippen molar-refractivity contribution in [1.82, 2.24) is 0 Å². The fraction of sp³-hybridized carbons (Fsp3) is 1.00. The van der Waals surface area contributed by atoms with Crippen LogP contribution in [0.3, 0.4) is 0 Å². The number of fused-ring (bicyclic) bond motifs is 1. The van der Waals surface area contributed by atoms with Gasteiger partial charge in [-0.1, -0.05) is 25.7 Å². The van der Waals surface area contributed by atoms with Crippen molar-refractivity contribution >= 4 is 0 Å². The van der Waals surface area contributed by atoms with Gasteiger partial charge in [0.2, 0.25) is 0 Å². The molecular formula is C9H16O. The number of aliphatic hydroxyl groups is 1. The zero-order valence-electron chi connectivity index (χ0n) is 7.29. The van der Waals surface area contributed by atoms with Crippen LogP contribution in [0, 0.1) is 11.8 Å². The Morgan fingerprint density at radius 3 is 2.60 bits per heavy atom. The average molecular weight is 141 g/mol. The molecule has 0 amide bonds. The first-order valence-electron chi connectivity index (χ1n) is 4.97. The minimum absolute atomic E-state index is 0.166. The van der Waals surface area contributed by atoms with Gasteiger partial charge < -0.3 is 5.11 Å². The van der Waals surface area contributed by atoms with Crippen LogP contribution >= 0.6 is 0 Å². The Kier molecular flexibility index (Phi) is 1.42. The van der Waals surface area contributed by atoms with Crippen LogP contribution in [0.2, 0.25) is 0 Å². The third kappa shape index (κ3) is 1.07. The Morgan fingerprint density at radius 2 is 1.90 bits per heavy atom. The van der Waals surface area contributed by atoms with Gasteiger partial charge in [0.05, 0.1) is 6.10 Å². The Labute approximate surface area is 63.8 Å². The predicted molar refractivity (Wildman–Crippen MR) is 40.7 cm³/mol. The average Bonchev–Trinajstić information content (AvgIpc) is 2.30. The summed E-state index contributed by atoms with van der Waals surface area (Å²) in [6, 6.07) is 0. The van der Waals surface area contributed by atoms with E-state index in [1.807, 2.05) is 0 Å². The summed E-state index contributed by atoms with van der Waals surface area (Å²) in [7, 11) is 0. The minimum Gasteiger partial charge on any atom is -0.393 e. The summed E-state index contributed by atoms with van der Waals surface area (Å²) >= 11 is 0. The van der Waals surface area contributed by atoms with Gasteiger partial charge in [-0.15, -0.1) is 0 Å². The molecule has 2 aliphatic carbocycles. The molecule has 2 saturated carbocycles. The van der Waals surface area contributed by atoms with E-state index in [2.05, 4.69) is 0 Å². The van der Waals surface area contributed by atoms with Gasteiger partial charge in [0.25, 0.3) is 0 Å². The van der Waals surface area contributed by atoms with Crippen LogP contribution < -0.4 is 0 Å². The van der Waals surface area contributed by atoms with Crippen molar-refractivity contribution in [2.24, 2.45) is 11.8 Å². The summed E-state index contributed by atoms with van der Waals surface area (Å²) in [4.78, 5) is 0. The van der Waals surface area contributed by atoms with E-state index in [1.165, 1.54) is 25.7 Å². The van der Waals surface area contributed by atoms with Gasteiger partial charge in [-0.2, -0.15) is 0 Å². The third-order valence-electron chi connectivity index (χ3n) is 2.98. The number of hydrogen-bond acceptors (Lipinski definition) is 1. The van der Waals surface area contributed by atoms with Crippen molar-refractivity contribution in [3.8, 4) is 0 Å². The van der Waals surface area contributed by atoms with Crippen molar-refractivity contribution in [3.63, 3.8) is 0 Å². The zero-order chi connectivity index (χ0) is 7.84. The first-order valence-corrected chi connectivity index (χ1v) is 4.39. The van der Waals surface area contributed by atoms with E-state index in [4.69, 9.17) is 1.37 Å². The highest BCUT2D eigenvalue weighted by Crippen LogP contribution is 2.41. The summed E-state index contributed by atoms with van der Waals surface area (Å²) in [5.41, 5.74) is 0. The molecule has 0 spiro atoms. The molecule has 58 valence electrons. The SMILES string of the molecule is [2H]C1C(O)CC2CCCCC21. The maximum atomic E-state index is 9.44. The topological polar surface area (TPSA) is 20.2 Å². The van der Waals surface area contributed by atoms with Gasteiger partial charge in [-0.3, -0.25) is 0 Å². The van der Waals surface area contributed by atoms with Crippen LogP contribution in [0.1, 0.15) is 39.9 Å². The van der Waals surface area contributed by atoms with E-state index in [0.29, 0.717) is 11.8 Å². The van der Waals surface area contributed by atoms with E-state index in [9.17, 15) is 5.11 Å². The maximum Gasteiger partial charge on any atom is 0.0545 e. The molecule has 0 radical (unpaired) electrons. The number of aliphatic hydroxyl groups excluding tert-OH is 1. The lowest BCUT2D eigenvalue weighted by Crippen LogP contribution is -2.12. The molecular weight excluding hydrogens is 124 g/mol. The van der Waals surface area contributed by atoms with Gasteiger partial charge in [0, 0.05) is 1.37 Å². The molecule has 4 atom stereocenters. The lowest BCUT2D eigenvalue weighted by Gasteiger charge is -2.23. The van der Waals surface area contributed by atoms with Gasteiger partial charge in [-0.25, -0.2) is 0 Å². The highest BCUT2D eigenvalue weighted by Gasteiger charge is 2.34. The Morgan fingerprint density at radius 1 is 1.20 bits per heavy atom. The van der Waals surface area contributed by atoms with Gasteiger partial charge in [-0.05, 0) is 24.7 Å². The van der Waals surface area contributed by atoms with Crippen LogP contribution in [-0.2, 0) is 0 Å². The molecule has 2 rings (SSSR count). The first-order chi connectivity index (χ1) is 5.29. The molecule has 10 heavy (non-hydrogen) atoms. The van der Waals surface area contributed by atoms with Crippen LogP contribution in [0.4, 0.5) is 0 Å². The molecule has 1 heteroatoms. The molecule has 0 aromatic rings. The Hall–Kier alpha value is -0.0400. The van der Waals surface area contributed by atoms with Crippen molar-refractivity contribution in [2.45, 2.75) is 44.6 Å². The minimum atomic E-state index is -0.317. The lowest BCUT2D eigenvalue weighted by atomic mass is 9.82. The van der Waals surface area contributed by atoms with Crippen molar-refractivity contribution < 1.29 is 6.48 Å². The maximum absolute atomic E-state index is 9.44. The lowest BCUT2D eigenvalue weighted by molar-refractivity contribution is 0.175. The molecule has 0 bridgehead atoms. The molecule has 0 aliphatic heterocycles. The second-order valence-electron chi connectivity index (χ2n) is 3.70. The second kappa shape index (κ2) is 2.54. The third-order valence-corrected chi connectivity index (χ3v) is 2.98. The summed E-state index contributed by atoms with van der Waals surface area (Å²) in [6.07, 6.45) is 5.47. The van der Waals surface area contributed by atoms with Crippen molar-refractivity contribution in [3.05, 3.63) is 0 Å². The summed E-state index contributed by atoms with van der Waals surface area (Å²) < 4.78 is 7.71. The summed E-state index contributed by atoms with van der Waals surface area (Å²) in [5, 5.41) is 9.44. The zero-order valence-corrected chi connectivity index (χ0v) is 6.29. The number of hydrogen-bond donors (Lipinski definition) is 1. The van der Waals surface area contributed by atoms with E-state index in [1.54, 1.807) is 0 Å². The standard InChI is InChI=1S/C9H16O/c10-9-5-7-3-1-2-4-8(7)6-9/h7-10H,1-6H2/i5D. The van der Waals surface area contributed by atoms with Gasteiger partial charge in [0.1, 0.15) is 0 Å². The van der Waals surface area contributed by atoms with E-state index < -0.39 is 0 Å². The first kappa shape index (κ1) is 5.59. The predicted octanol–water partition coefficient (Wildman–Crippen LogP) is 1.95. The van der Waals surface area contributed by atoms with Gasteiger partial charge >= 0.3 is 0 Å². The van der Waals surface area contributed by atoms with Crippen LogP contribution in [0.25, 0.3) is 0 Å². The monoisotopic (exact) mass is 141 g/mol. The molecule has 1 nitrogen and oxygen atoms in total.